The van der Waals surface area contributed by atoms with Crippen molar-refractivity contribution >= 4 is 34.4 Å². The van der Waals surface area contributed by atoms with Gasteiger partial charge in [0.2, 0.25) is 11.8 Å². The Morgan fingerprint density at radius 1 is 0.676 bits per heavy atom. The van der Waals surface area contributed by atoms with E-state index in [9.17, 15) is 14.4 Å². The van der Waals surface area contributed by atoms with E-state index in [1.807, 2.05) is 80.6 Å². The number of para-hydroxylation sites is 2. The molecule has 1 saturated heterocycles. The number of methoxy groups -OCH3 is 1. The molecule has 6 rings (SSSR count). The fourth-order valence-electron chi connectivity index (χ4n) is 7.51. The molecule has 0 radical (unpaired) electrons. The van der Waals surface area contributed by atoms with Crippen molar-refractivity contribution in [3.63, 3.8) is 0 Å². The number of fused-ring (bicyclic) bond motifs is 5. The van der Waals surface area contributed by atoms with Gasteiger partial charge in [0.15, 0.2) is 5.78 Å². The first kappa shape index (κ1) is 23.4. The Morgan fingerprint density at radius 2 is 1.11 bits per heavy atom. The number of nitrogens with zero attached hydrogens (tertiary/aromatic N) is 1. The Morgan fingerprint density at radius 3 is 1.54 bits per heavy atom. The summed E-state index contributed by atoms with van der Waals surface area (Å²) in [6.07, 6.45) is 0.877. The summed E-state index contributed by atoms with van der Waals surface area (Å²) in [4.78, 5) is 44.6. The van der Waals surface area contributed by atoms with Crippen molar-refractivity contribution in [2.45, 2.75) is 26.7 Å². The summed E-state index contributed by atoms with van der Waals surface area (Å²) in [7, 11) is 1.53. The lowest BCUT2D eigenvalue weighted by molar-refractivity contribution is -0.134. The molecule has 5 heteroatoms. The van der Waals surface area contributed by atoms with Gasteiger partial charge in [-0.2, -0.15) is 0 Å². The average Bonchev–Trinajstić information content (AvgIpc) is 3.45. The van der Waals surface area contributed by atoms with Crippen molar-refractivity contribution in [3.05, 3.63) is 96.1 Å². The maximum Gasteiger partial charge on any atom is 0.239 e. The molecule has 186 valence electrons. The van der Waals surface area contributed by atoms with Crippen LogP contribution in [-0.2, 0) is 14.4 Å². The summed E-state index contributed by atoms with van der Waals surface area (Å²) in [5.41, 5.74) is 1.92. The van der Waals surface area contributed by atoms with E-state index < -0.39 is 22.7 Å². The van der Waals surface area contributed by atoms with Crippen molar-refractivity contribution in [2.24, 2.45) is 22.7 Å². The lowest BCUT2D eigenvalue weighted by Crippen LogP contribution is -2.42. The number of anilines is 1. The van der Waals surface area contributed by atoms with Crippen LogP contribution in [0, 0.1) is 22.7 Å². The number of carbonyl (C=O) groups excluding carboxylic acids is 3. The van der Waals surface area contributed by atoms with E-state index in [-0.39, 0.29) is 17.6 Å². The first-order chi connectivity index (χ1) is 18.0. The fourth-order valence-corrected chi connectivity index (χ4v) is 7.51. The third-order valence-corrected chi connectivity index (χ3v) is 8.89. The molecule has 0 spiro atoms. The van der Waals surface area contributed by atoms with E-state index in [1.54, 1.807) is 18.2 Å². The number of allylic oxidation sites excluding steroid dienone is 2. The molecule has 4 atom stereocenters. The standard InChI is InChI=1S/C32H29NO4/c1-4-31-24(20-14-8-6-9-15-20)25(21-16-10-7-11-17-21)32(5-2,30(31)36)27-26(31)28(34)33(29(27)35)22-18-12-13-19-23(22)37-3/h6-19,26-27H,4-5H2,1-3H3/t26-,27+,31-,32-/m0/s1. The van der Waals surface area contributed by atoms with E-state index in [2.05, 4.69) is 0 Å². The summed E-state index contributed by atoms with van der Waals surface area (Å²) in [5.74, 6) is -1.68. The number of imide groups is 1. The maximum atomic E-state index is 14.7. The van der Waals surface area contributed by atoms with Crippen molar-refractivity contribution in [3.8, 4) is 5.75 Å². The van der Waals surface area contributed by atoms with E-state index in [1.165, 1.54) is 12.0 Å². The Kier molecular flexibility index (Phi) is 5.23. The molecule has 1 heterocycles. The monoisotopic (exact) mass is 491 g/mol. The van der Waals surface area contributed by atoms with Crippen molar-refractivity contribution in [1.82, 2.24) is 0 Å². The maximum absolute atomic E-state index is 14.7. The normalized spacial score (nSPS) is 28.3. The number of amides is 2. The van der Waals surface area contributed by atoms with Gasteiger partial charge in [0.1, 0.15) is 5.75 Å². The second-order valence-electron chi connectivity index (χ2n) is 10.1. The molecular weight excluding hydrogens is 462 g/mol. The number of hydrogen-bond acceptors (Lipinski definition) is 4. The van der Waals surface area contributed by atoms with Gasteiger partial charge in [-0.15, -0.1) is 0 Å². The predicted molar refractivity (Wildman–Crippen MR) is 143 cm³/mol. The Bertz CT molecular complexity index is 1370. The Hall–Kier alpha value is -3.99. The quantitative estimate of drug-likeness (QED) is 0.409. The van der Waals surface area contributed by atoms with Crippen LogP contribution in [0.15, 0.2) is 84.9 Å². The van der Waals surface area contributed by atoms with Crippen LogP contribution in [0.25, 0.3) is 11.1 Å². The number of Topliss-reactive ketones (excluding diaryl/α,β-unsaturated/α-hetero) is 1. The second-order valence-corrected chi connectivity index (χ2v) is 10.1. The van der Waals surface area contributed by atoms with Crippen molar-refractivity contribution < 1.29 is 19.1 Å². The van der Waals surface area contributed by atoms with E-state index in [0.717, 1.165) is 22.3 Å². The highest BCUT2D eigenvalue weighted by molar-refractivity contribution is 6.35. The number of rotatable bonds is 6. The molecule has 5 nitrogen and oxygen atoms in total. The number of hydrogen-bond donors (Lipinski definition) is 0. The van der Waals surface area contributed by atoms with Crippen LogP contribution in [0.1, 0.15) is 37.8 Å². The topological polar surface area (TPSA) is 63.7 Å². The minimum absolute atomic E-state index is 0.0130. The lowest BCUT2D eigenvalue weighted by atomic mass is 9.60. The zero-order valence-corrected chi connectivity index (χ0v) is 21.2. The summed E-state index contributed by atoms with van der Waals surface area (Å²) >= 11 is 0. The highest BCUT2D eigenvalue weighted by atomic mass is 16.5. The molecule has 2 fully saturated rings. The fraction of sp³-hybridized carbons (Fsp3) is 0.281. The van der Waals surface area contributed by atoms with Gasteiger partial charge in [-0.05, 0) is 47.2 Å². The van der Waals surface area contributed by atoms with Crippen LogP contribution < -0.4 is 9.64 Å². The molecule has 3 aromatic rings. The van der Waals surface area contributed by atoms with Crippen LogP contribution in [-0.4, -0.2) is 24.7 Å². The van der Waals surface area contributed by atoms with Gasteiger partial charge in [-0.25, -0.2) is 4.90 Å². The largest absolute Gasteiger partial charge is 0.495 e. The van der Waals surface area contributed by atoms with Crippen molar-refractivity contribution in [2.75, 3.05) is 12.0 Å². The molecule has 37 heavy (non-hydrogen) atoms. The van der Waals surface area contributed by atoms with Gasteiger partial charge in [0.25, 0.3) is 0 Å². The number of ketones is 1. The predicted octanol–water partition coefficient (Wildman–Crippen LogP) is 5.80. The van der Waals surface area contributed by atoms with Crippen molar-refractivity contribution in [1.29, 1.82) is 0 Å². The molecule has 0 N–H and O–H groups in total. The summed E-state index contributed by atoms with van der Waals surface area (Å²) in [5, 5.41) is 0. The third-order valence-electron chi connectivity index (χ3n) is 8.89. The number of carbonyl (C=O) groups is 3. The van der Waals surface area contributed by atoms with E-state index in [4.69, 9.17) is 4.74 Å². The third kappa shape index (κ3) is 2.72. The van der Waals surface area contributed by atoms with Gasteiger partial charge in [0, 0.05) is 0 Å². The molecular formula is C32H29NO4. The molecule has 1 saturated carbocycles. The molecule has 2 aliphatic carbocycles. The van der Waals surface area contributed by atoms with E-state index >= 15 is 0 Å². The lowest BCUT2D eigenvalue weighted by Gasteiger charge is -2.38. The molecule has 0 unspecified atom stereocenters. The van der Waals surface area contributed by atoms with Gasteiger partial charge < -0.3 is 4.74 Å². The first-order valence-electron chi connectivity index (χ1n) is 12.9. The molecule has 3 aromatic carbocycles. The highest BCUT2D eigenvalue weighted by Gasteiger charge is 2.80. The summed E-state index contributed by atoms with van der Waals surface area (Å²) in [6, 6.07) is 26.9. The van der Waals surface area contributed by atoms with Gasteiger partial charge in [-0.3, -0.25) is 14.4 Å². The number of benzene rings is 3. The summed E-state index contributed by atoms with van der Waals surface area (Å²) in [6.45, 7) is 3.95. The van der Waals surface area contributed by atoms with Crippen LogP contribution in [0.2, 0.25) is 0 Å². The average molecular weight is 492 g/mol. The minimum Gasteiger partial charge on any atom is -0.495 e. The van der Waals surface area contributed by atoms with E-state index in [0.29, 0.717) is 24.3 Å². The summed E-state index contributed by atoms with van der Waals surface area (Å²) < 4.78 is 5.53. The van der Waals surface area contributed by atoms with Crippen LogP contribution in [0.5, 0.6) is 5.75 Å². The molecule has 2 bridgehead atoms. The highest BCUT2D eigenvalue weighted by Crippen LogP contribution is 2.75. The Labute approximate surface area is 216 Å². The van der Waals surface area contributed by atoms with Crippen LogP contribution in [0.3, 0.4) is 0 Å². The molecule has 0 aromatic heterocycles. The zero-order chi connectivity index (χ0) is 25.9. The minimum atomic E-state index is -1.09. The SMILES string of the molecule is CC[C@]12C(=O)[C@@](CC)(C(c3ccccc3)=C1c1ccccc1)[C@H]1C(=O)N(c3ccccc3OC)C(=O)[C@H]12. The first-order valence-corrected chi connectivity index (χ1v) is 12.9. The zero-order valence-electron chi connectivity index (χ0n) is 21.2. The van der Waals surface area contributed by atoms with Gasteiger partial charge in [0.05, 0.1) is 35.5 Å². The van der Waals surface area contributed by atoms with Gasteiger partial charge >= 0.3 is 0 Å². The van der Waals surface area contributed by atoms with Crippen LogP contribution >= 0.6 is 0 Å². The smallest absolute Gasteiger partial charge is 0.239 e. The van der Waals surface area contributed by atoms with Gasteiger partial charge in [-0.1, -0.05) is 86.6 Å². The Balaban J connectivity index is 1.67. The molecule has 1 aliphatic heterocycles. The van der Waals surface area contributed by atoms with Crippen LogP contribution in [0.4, 0.5) is 5.69 Å². The number of ether oxygens (including phenoxy) is 1. The second kappa shape index (κ2) is 8.27. The molecule has 3 aliphatic rings. The molecule has 2 amide bonds.